The highest BCUT2D eigenvalue weighted by Gasteiger charge is 2.23. The highest BCUT2D eigenvalue weighted by molar-refractivity contribution is 7.69. The van der Waals surface area contributed by atoms with Gasteiger partial charge >= 0.3 is 13.3 Å². The minimum Gasteiger partial charge on any atom is -0.472 e. The van der Waals surface area contributed by atoms with Gasteiger partial charge in [0.2, 0.25) is 0 Å². The van der Waals surface area contributed by atoms with Crippen LogP contribution in [0.15, 0.2) is 74.4 Å². The number of carboxylic acid groups (broad SMARTS) is 1. The molecule has 0 aromatic carbocycles. The maximum Gasteiger partial charge on any atom is 0.433 e. The Kier molecular flexibility index (Phi) is 12.6. The van der Waals surface area contributed by atoms with E-state index >= 15 is 0 Å². The molecule has 11 nitrogen and oxygen atoms in total. The van der Waals surface area contributed by atoms with Crippen molar-refractivity contribution >= 4 is 13.3 Å². The Hall–Kier alpha value is -3.14. The second kappa shape index (κ2) is 14.5. The fourth-order valence-corrected chi connectivity index (χ4v) is 0.760. The summed E-state index contributed by atoms with van der Waals surface area (Å²) in [4.78, 5) is 46.5. The van der Waals surface area contributed by atoms with Crippen LogP contribution in [0.1, 0.15) is 0 Å². The lowest BCUT2D eigenvalue weighted by atomic mass is 10.7. The first-order chi connectivity index (χ1) is 11.9. The summed E-state index contributed by atoms with van der Waals surface area (Å²) in [6.07, 6.45) is 14.6. The van der Waals surface area contributed by atoms with E-state index in [1.54, 1.807) is 55.4 Å². The highest BCUT2D eigenvalue weighted by atomic mass is 31.2. The lowest BCUT2D eigenvalue weighted by Crippen LogP contribution is -1.90. The van der Waals surface area contributed by atoms with E-state index in [0.29, 0.717) is 0 Å². The Morgan fingerprint density at radius 2 is 0.840 bits per heavy atom. The molecule has 0 saturated heterocycles. The summed E-state index contributed by atoms with van der Waals surface area (Å²) >= 11 is 0. The molecule has 0 bridgehead atoms. The maximum absolute atomic E-state index is 9.43. The minimum absolute atomic E-state index is 1.50. The lowest BCUT2D eigenvalue weighted by Gasteiger charge is -1.90. The second-order valence-electron chi connectivity index (χ2n) is 3.54. The maximum atomic E-state index is 9.43. The lowest BCUT2D eigenvalue weighted by molar-refractivity contribution is 0.208. The zero-order valence-corrected chi connectivity index (χ0v) is 13.6. The van der Waals surface area contributed by atoms with E-state index in [-0.39, 0.29) is 0 Å². The molecule has 0 fully saturated rings. The topological polar surface area (TPSA) is 172 Å². The summed E-state index contributed by atoms with van der Waals surface area (Å²) in [7, 11) is -4.82. The van der Waals surface area contributed by atoms with Crippen LogP contribution in [-0.2, 0) is 4.57 Å². The molecular weight excluding hydrogens is 351 g/mol. The molecule has 0 aliphatic carbocycles. The number of hydrogen-bond donors (Lipinski definition) is 3. The van der Waals surface area contributed by atoms with Gasteiger partial charge in [-0.1, -0.05) is 0 Å². The Morgan fingerprint density at radius 3 is 0.880 bits per heavy atom. The minimum atomic E-state index is -4.82. The Morgan fingerprint density at radius 1 is 0.640 bits per heavy atom. The molecule has 3 aromatic rings. The molecule has 3 aromatic heterocycles. The quantitative estimate of drug-likeness (QED) is 0.529. The molecular formula is C13H15N6O5P. The normalized spacial score (nSPS) is 8.88. The summed E-state index contributed by atoms with van der Waals surface area (Å²) in [5, 5.41) is 7.49. The van der Waals surface area contributed by atoms with Crippen molar-refractivity contribution in [1.29, 1.82) is 0 Å². The molecule has 0 amide bonds. The highest BCUT2D eigenvalue weighted by Crippen LogP contribution is 2.34. The van der Waals surface area contributed by atoms with Crippen LogP contribution in [0.3, 0.4) is 0 Å². The van der Waals surface area contributed by atoms with E-state index < -0.39 is 13.3 Å². The second-order valence-corrected chi connectivity index (χ2v) is 5.01. The first-order valence-electron chi connectivity index (χ1n) is 6.33. The smallest absolute Gasteiger partial charge is 0.433 e. The van der Waals surface area contributed by atoms with Crippen LogP contribution in [0, 0.1) is 0 Å². The van der Waals surface area contributed by atoms with Gasteiger partial charge in [-0.3, -0.25) is 0 Å². The zero-order chi connectivity index (χ0) is 18.8. The molecule has 3 N–H and O–H groups in total. The molecule has 0 saturated carbocycles. The van der Waals surface area contributed by atoms with Crippen molar-refractivity contribution in [3.8, 4) is 0 Å². The van der Waals surface area contributed by atoms with Crippen LogP contribution in [0.2, 0.25) is 0 Å². The molecule has 25 heavy (non-hydrogen) atoms. The van der Waals surface area contributed by atoms with E-state index in [2.05, 4.69) is 29.9 Å². The van der Waals surface area contributed by atoms with Gasteiger partial charge in [-0.05, 0) is 18.2 Å². The largest absolute Gasteiger partial charge is 0.472 e. The van der Waals surface area contributed by atoms with Crippen LogP contribution < -0.4 is 0 Å². The van der Waals surface area contributed by atoms with Gasteiger partial charge in [0.15, 0.2) is 0 Å². The Labute approximate surface area is 142 Å². The molecule has 0 aliphatic heterocycles. The molecule has 0 aliphatic rings. The molecule has 3 rings (SSSR count). The third-order valence-corrected chi connectivity index (χ3v) is 2.18. The number of hydrogen-bond acceptors (Lipinski definition) is 8. The summed E-state index contributed by atoms with van der Waals surface area (Å²) in [6, 6.07) is 5.33. The molecule has 0 unspecified atom stereocenters. The van der Waals surface area contributed by atoms with Gasteiger partial charge < -0.3 is 14.9 Å². The zero-order valence-electron chi connectivity index (χ0n) is 12.7. The summed E-state index contributed by atoms with van der Waals surface area (Å²) in [5.74, 6) is 0. The monoisotopic (exact) mass is 366 g/mol. The van der Waals surface area contributed by atoms with Crippen molar-refractivity contribution in [1.82, 2.24) is 29.9 Å². The van der Waals surface area contributed by atoms with Crippen molar-refractivity contribution in [2.75, 3.05) is 0 Å². The Bertz CT molecular complexity index is 547. The number of nitrogens with zero attached hydrogens (tertiary/aromatic N) is 6. The van der Waals surface area contributed by atoms with Crippen molar-refractivity contribution < 1.29 is 24.3 Å². The van der Waals surface area contributed by atoms with E-state index in [0.717, 1.165) is 0 Å². The van der Waals surface area contributed by atoms with Gasteiger partial charge in [-0.2, -0.15) is 0 Å². The first kappa shape index (κ1) is 21.9. The van der Waals surface area contributed by atoms with Gasteiger partial charge in [0, 0.05) is 37.2 Å². The number of aromatic nitrogens is 6. The molecule has 3 heterocycles. The number of carbonyl (C=O) groups is 1. The van der Waals surface area contributed by atoms with Crippen molar-refractivity contribution in [2.24, 2.45) is 0 Å². The van der Waals surface area contributed by atoms with Gasteiger partial charge in [0.05, 0.1) is 0 Å². The molecule has 0 spiro atoms. The van der Waals surface area contributed by atoms with E-state index in [1.165, 1.54) is 19.0 Å². The van der Waals surface area contributed by atoms with Crippen LogP contribution in [0.4, 0.5) is 4.79 Å². The molecule has 0 radical (unpaired) electrons. The first-order valence-corrected chi connectivity index (χ1v) is 7.94. The van der Waals surface area contributed by atoms with Crippen LogP contribution in [0.25, 0.3) is 0 Å². The van der Waals surface area contributed by atoms with Crippen molar-refractivity contribution in [3.63, 3.8) is 0 Å². The standard InChI is InChI=1S/3C4H4N2.CH3O5P/c3*1-2-5-4-6-3-1;2-1(3)7(4,5)6/h3*1-4H;(H,2,3)(H2,4,5,6). The predicted molar refractivity (Wildman–Crippen MR) is 86.2 cm³/mol. The van der Waals surface area contributed by atoms with Gasteiger partial charge in [0.1, 0.15) is 19.0 Å². The number of rotatable bonds is 1. The average Bonchev–Trinajstić information content (AvgIpc) is 2.67. The van der Waals surface area contributed by atoms with Crippen molar-refractivity contribution in [2.45, 2.75) is 0 Å². The van der Waals surface area contributed by atoms with Gasteiger partial charge in [0.25, 0.3) is 0 Å². The van der Waals surface area contributed by atoms with Gasteiger partial charge in [-0.15, -0.1) is 0 Å². The summed E-state index contributed by atoms with van der Waals surface area (Å²) < 4.78 is 9.43. The third-order valence-electron chi connectivity index (χ3n) is 1.68. The van der Waals surface area contributed by atoms with Crippen LogP contribution in [-0.4, -0.2) is 50.5 Å². The fourth-order valence-electron chi connectivity index (χ4n) is 0.760. The van der Waals surface area contributed by atoms with E-state index in [1.807, 2.05) is 0 Å². The van der Waals surface area contributed by atoms with Crippen LogP contribution in [0.5, 0.6) is 0 Å². The van der Waals surface area contributed by atoms with Crippen molar-refractivity contribution in [3.05, 3.63) is 74.4 Å². The van der Waals surface area contributed by atoms with E-state index in [9.17, 15) is 9.36 Å². The molecule has 132 valence electrons. The predicted octanol–water partition coefficient (Wildman–Crippen LogP) is 1.27. The summed E-state index contributed by atoms with van der Waals surface area (Å²) in [5.41, 5.74) is -2.09. The van der Waals surface area contributed by atoms with Crippen LogP contribution >= 0.6 is 7.60 Å². The average molecular weight is 366 g/mol. The van der Waals surface area contributed by atoms with Gasteiger partial charge in [-0.25, -0.2) is 39.3 Å². The summed E-state index contributed by atoms with van der Waals surface area (Å²) in [6.45, 7) is 0. The van der Waals surface area contributed by atoms with E-state index in [4.69, 9.17) is 14.9 Å². The molecule has 0 atom stereocenters. The molecule has 12 heteroatoms. The fraction of sp³-hybridized carbons (Fsp3) is 0. The SMILES string of the molecule is O=C(O)P(=O)(O)O.c1cncnc1.c1cncnc1.c1cncnc1. The Balaban J connectivity index is 0.000000307. The third kappa shape index (κ3) is 17.1.